The van der Waals surface area contributed by atoms with Crippen molar-refractivity contribution in [2.45, 2.75) is 32.2 Å². The minimum Gasteiger partial charge on any atom is -0.409 e. The minimum absolute atomic E-state index is 0.0303. The predicted molar refractivity (Wildman–Crippen MR) is 77.3 cm³/mol. The van der Waals surface area contributed by atoms with Gasteiger partial charge in [-0.05, 0) is 50.8 Å². The van der Waals surface area contributed by atoms with Gasteiger partial charge in [-0.1, -0.05) is 35.5 Å². The van der Waals surface area contributed by atoms with Crippen LogP contribution in [0.25, 0.3) is 0 Å². The van der Waals surface area contributed by atoms with Crippen molar-refractivity contribution in [3.8, 4) is 0 Å². The number of amidine groups is 1. The van der Waals surface area contributed by atoms with Crippen LogP contribution < -0.4 is 5.73 Å². The van der Waals surface area contributed by atoms with Crippen molar-refractivity contribution in [3.63, 3.8) is 0 Å². The number of benzene rings is 1. The van der Waals surface area contributed by atoms with Crippen LogP contribution in [-0.2, 0) is 6.42 Å². The third kappa shape index (κ3) is 3.70. The smallest absolute Gasteiger partial charge is 0.156 e. The summed E-state index contributed by atoms with van der Waals surface area (Å²) < 4.78 is 0. The summed E-state index contributed by atoms with van der Waals surface area (Å²) in [5.41, 5.74) is 7.09. The first-order valence-electron chi connectivity index (χ1n) is 6.96. The molecule has 0 aliphatic carbocycles. The summed E-state index contributed by atoms with van der Waals surface area (Å²) in [4.78, 5) is 2.29. The molecule has 0 saturated carbocycles. The Hall–Kier alpha value is -1.55. The Morgan fingerprint density at radius 2 is 2.00 bits per heavy atom. The lowest BCUT2D eigenvalue weighted by atomic mass is 9.89. The summed E-state index contributed by atoms with van der Waals surface area (Å²) in [6.45, 7) is 4.04. The van der Waals surface area contributed by atoms with E-state index in [-0.39, 0.29) is 6.04 Å². The zero-order valence-electron chi connectivity index (χ0n) is 11.5. The van der Waals surface area contributed by atoms with Crippen LogP contribution in [0.5, 0.6) is 0 Å². The van der Waals surface area contributed by atoms with E-state index in [9.17, 15) is 0 Å². The third-order valence-corrected chi connectivity index (χ3v) is 4.11. The second-order valence-corrected chi connectivity index (χ2v) is 5.37. The number of likely N-dealkylation sites (tertiary alicyclic amines) is 1. The maximum atomic E-state index is 8.72. The highest BCUT2D eigenvalue weighted by Crippen LogP contribution is 2.22. The van der Waals surface area contributed by atoms with E-state index in [1.165, 1.54) is 18.4 Å². The number of hydrogen-bond donors (Lipinski definition) is 2. The van der Waals surface area contributed by atoms with Gasteiger partial charge in [-0.2, -0.15) is 0 Å². The van der Waals surface area contributed by atoms with Crippen LogP contribution in [-0.4, -0.2) is 35.1 Å². The number of hydrogen-bond acceptors (Lipinski definition) is 3. The molecule has 0 amide bonds. The van der Waals surface area contributed by atoms with E-state index in [1.54, 1.807) is 0 Å². The van der Waals surface area contributed by atoms with Crippen molar-refractivity contribution in [1.82, 2.24) is 4.90 Å². The molecule has 19 heavy (non-hydrogen) atoms. The quantitative estimate of drug-likeness (QED) is 0.377. The molecule has 1 aliphatic rings. The molecule has 1 aromatic carbocycles. The molecule has 4 nitrogen and oxygen atoms in total. The van der Waals surface area contributed by atoms with Gasteiger partial charge in [0.2, 0.25) is 0 Å². The Morgan fingerprint density at radius 1 is 1.37 bits per heavy atom. The summed E-state index contributed by atoms with van der Waals surface area (Å²) in [5, 5.41) is 11.8. The third-order valence-electron chi connectivity index (χ3n) is 4.11. The van der Waals surface area contributed by atoms with Gasteiger partial charge in [0.15, 0.2) is 5.84 Å². The van der Waals surface area contributed by atoms with Crippen LogP contribution >= 0.6 is 0 Å². The highest BCUT2D eigenvalue weighted by Gasteiger charge is 2.24. The number of nitrogens with zero attached hydrogens (tertiary/aromatic N) is 2. The molecule has 2 rings (SSSR count). The molecule has 0 radical (unpaired) electrons. The average Bonchev–Trinajstić information content (AvgIpc) is 2.47. The second kappa shape index (κ2) is 6.57. The summed E-state index contributed by atoms with van der Waals surface area (Å²) in [7, 11) is 0. The van der Waals surface area contributed by atoms with E-state index in [0.29, 0.717) is 5.84 Å². The fraction of sp³-hybridized carbons (Fsp3) is 0.533. The van der Waals surface area contributed by atoms with Crippen LogP contribution in [0, 0.1) is 5.92 Å². The zero-order valence-corrected chi connectivity index (χ0v) is 11.5. The van der Waals surface area contributed by atoms with Gasteiger partial charge in [0, 0.05) is 0 Å². The largest absolute Gasteiger partial charge is 0.409 e. The summed E-state index contributed by atoms with van der Waals surface area (Å²) in [6, 6.07) is 10.7. The van der Waals surface area contributed by atoms with Gasteiger partial charge in [-0.3, -0.25) is 4.90 Å². The topological polar surface area (TPSA) is 61.9 Å². The van der Waals surface area contributed by atoms with E-state index < -0.39 is 0 Å². The van der Waals surface area contributed by atoms with Gasteiger partial charge in [0.1, 0.15) is 0 Å². The Morgan fingerprint density at radius 3 is 2.58 bits per heavy atom. The van der Waals surface area contributed by atoms with E-state index in [1.807, 2.05) is 6.92 Å². The number of piperidine rings is 1. The Kier molecular flexibility index (Phi) is 4.80. The summed E-state index contributed by atoms with van der Waals surface area (Å²) in [5.74, 6) is 1.06. The highest BCUT2D eigenvalue weighted by molar-refractivity contribution is 5.84. The van der Waals surface area contributed by atoms with Crippen molar-refractivity contribution in [2.75, 3.05) is 13.1 Å². The van der Waals surface area contributed by atoms with Gasteiger partial charge < -0.3 is 10.9 Å². The average molecular weight is 261 g/mol. The molecule has 0 bridgehead atoms. The lowest BCUT2D eigenvalue weighted by molar-refractivity contribution is 0.166. The molecule has 4 heteroatoms. The van der Waals surface area contributed by atoms with E-state index in [4.69, 9.17) is 10.9 Å². The lowest BCUT2D eigenvalue weighted by Crippen LogP contribution is -2.46. The molecule has 1 saturated heterocycles. The van der Waals surface area contributed by atoms with Crippen molar-refractivity contribution in [2.24, 2.45) is 16.8 Å². The molecule has 104 valence electrons. The van der Waals surface area contributed by atoms with E-state index in [2.05, 4.69) is 40.4 Å². The standard InChI is InChI=1S/C15H23N3O/c1-12(15(16)17-19)18-9-7-14(8-10-18)11-13-5-3-2-4-6-13/h2-6,12,14,19H,7-11H2,1H3,(H2,16,17). The SMILES string of the molecule is CC(C(N)=NO)N1CCC(Cc2ccccc2)CC1. The molecule has 1 fully saturated rings. The van der Waals surface area contributed by atoms with E-state index in [0.717, 1.165) is 25.4 Å². The Bertz CT molecular complexity index is 411. The molecule has 1 atom stereocenters. The van der Waals surface area contributed by atoms with Gasteiger partial charge in [-0.15, -0.1) is 0 Å². The van der Waals surface area contributed by atoms with Crippen molar-refractivity contribution < 1.29 is 5.21 Å². The Labute approximate surface area is 114 Å². The molecule has 1 unspecified atom stereocenters. The van der Waals surface area contributed by atoms with Crippen LogP contribution in [0.2, 0.25) is 0 Å². The number of nitrogens with two attached hydrogens (primary N) is 1. The predicted octanol–water partition coefficient (Wildman–Crippen LogP) is 2.08. The zero-order chi connectivity index (χ0) is 13.7. The first-order valence-corrected chi connectivity index (χ1v) is 6.96. The normalized spacial score (nSPS) is 20.4. The van der Waals surface area contributed by atoms with Crippen LogP contribution in [0.3, 0.4) is 0 Å². The van der Waals surface area contributed by atoms with Gasteiger partial charge >= 0.3 is 0 Å². The van der Waals surface area contributed by atoms with Gasteiger partial charge in [0.05, 0.1) is 6.04 Å². The van der Waals surface area contributed by atoms with Gasteiger partial charge in [-0.25, -0.2) is 0 Å². The first kappa shape index (κ1) is 13.9. The molecule has 1 heterocycles. The van der Waals surface area contributed by atoms with Crippen molar-refractivity contribution in [1.29, 1.82) is 0 Å². The van der Waals surface area contributed by atoms with Crippen molar-refractivity contribution >= 4 is 5.84 Å². The minimum atomic E-state index is 0.0303. The molecule has 1 aromatic rings. The van der Waals surface area contributed by atoms with Gasteiger partial charge in [0.25, 0.3) is 0 Å². The molecular formula is C15H23N3O. The molecular weight excluding hydrogens is 238 g/mol. The maximum absolute atomic E-state index is 8.72. The van der Waals surface area contributed by atoms with Crippen LogP contribution in [0.1, 0.15) is 25.3 Å². The number of rotatable bonds is 4. The Balaban J connectivity index is 1.83. The number of oxime groups is 1. The fourth-order valence-electron chi connectivity index (χ4n) is 2.76. The second-order valence-electron chi connectivity index (χ2n) is 5.37. The molecule has 3 N–H and O–H groups in total. The van der Waals surface area contributed by atoms with Crippen molar-refractivity contribution in [3.05, 3.63) is 35.9 Å². The summed E-state index contributed by atoms with van der Waals surface area (Å²) >= 11 is 0. The molecule has 1 aliphatic heterocycles. The fourth-order valence-corrected chi connectivity index (χ4v) is 2.76. The maximum Gasteiger partial charge on any atom is 0.156 e. The van der Waals surface area contributed by atoms with Crippen LogP contribution in [0.4, 0.5) is 0 Å². The highest BCUT2D eigenvalue weighted by atomic mass is 16.4. The molecule has 0 spiro atoms. The molecule has 0 aromatic heterocycles. The van der Waals surface area contributed by atoms with Crippen LogP contribution in [0.15, 0.2) is 35.5 Å². The first-order chi connectivity index (χ1) is 9.20. The lowest BCUT2D eigenvalue weighted by Gasteiger charge is -2.35. The summed E-state index contributed by atoms with van der Waals surface area (Å²) in [6.07, 6.45) is 3.52. The van der Waals surface area contributed by atoms with E-state index >= 15 is 0 Å². The monoisotopic (exact) mass is 261 g/mol.